The summed E-state index contributed by atoms with van der Waals surface area (Å²) in [4.78, 5) is 0. The number of hydrogen-bond acceptors (Lipinski definition) is 2. The van der Waals surface area contributed by atoms with Gasteiger partial charge in [0.05, 0.1) is 16.4 Å². The molecule has 0 unspecified atom stereocenters. The molecular formula is C13H16BrN3. The van der Waals surface area contributed by atoms with Crippen molar-refractivity contribution in [3.63, 3.8) is 0 Å². The Morgan fingerprint density at radius 2 is 2.24 bits per heavy atom. The first-order valence-corrected chi connectivity index (χ1v) is 6.51. The molecule has 3 nitrogen and oxygen atoms in total. The molecule has 1 aromatic carbocycles. The first-order chi connectivity index (χ1) is 8.20. The summed E-state index contributed by atoms with van der Waals surface area (Å²) in [6.07, 6.45) is 3.75. The van der Waals surface area contributed by atoms with Crippen molar-refractivity contribution in [1.82, 2.24) is 15.1 Å². The maximum atomic E-state index is 4.27. The molecule has 90 valence electrons. The second-order valence-corrected chi connectivity index (χ2v) is 4.91. The average molecular weight is 294 g/mol. The summed E-state index contributed by atoms with van der Waals surface area (Å²) in [7, 11) is 0. The lowest BCUT2D eigenvalue weighted by atomic mass is 10.1. The summed E-state index contributed by atoms with van der Waals surface area (Å²) in [6, 6.07) is 6.41. The largest absolute Gasteiger partial charge is 0.313 e. The summed E-state index contributed by atoms with van der Waals surface area (Å²) >= 11 is 3.40. The summed E-state index contributed by atoms with van der Waals surface area (Å²) in [6.45, 7) is 6.17. The van der Waals surface area contributed by atoms with Crippen LogP contribution in [-0.4, -0.2) is 16.3 Å². The van der Waals surface area contributed by atoms with Gasteiger partial charge in [-0.1, -0.05) is 13.0 Å². The first kappa shape index (κ1) is 12.3. The van der Waals surface area contributed by atoms with Crippen molar-refractivity contribution in [1.29, 1.82) is 0 Å². The lowest BCUT2D eigenvalue weighted by Crippen LogP contribution is -2.12. The molecule has 1 N–H and O–H groups in total. The van der Waals surface area contributed by atoms with Crippen LogP contribution >= 0.6 is 15.9 Å². The third kappa shape index (κ3) is 2.96. The smallest absolute Gasteiger partial charge is 0.0648 e. The second kappa shape index (κ2) is 5.47. The lowest BCUT2D eigenvalue weighted by Gasteiger charge is -2.09. The zero-order chi connectivity index (χ0) is 12.3. The van der Waals surface area contributed by atoms with Crippen molar-refractivity contribution in [2.75, 3.05) is 6.54 Å². The maximum absolute atomic E-state index is 4.27. The molecule has 0 amide bonds. The highest BCUT2D eigenvalue weighted by atomic mass is 79.9. The first-order valence-electron chi connectivity index (χ1n) is 5.71. The molecule has 0 atom stereocenters. The third-order valence-corrected chi connectivity index (χ3v) is 3.12. The predicted octanol–water partition coefficient (Wildman–Crippen LogP) is 3.05. The Morgan fingerprint density at radius 3 is 2.82 bits per heavy atom. The van der Waals surface area contributed by atoms with E-state index in [1.54, 1.807) is 6.20 Å². The van der Waals surface area contributed by atoms with Gasteiger partial charge in [0, 0.05) is 12.7 Å². The molecule has 0 fully saturated rings. The summed E-state index contributed by atoms with van der Waals surface area (Å²) in [5.74, 6) is 0. The van der Waals surface area contributed by atoms with E-state index in [4.69, 9.17) is 0 Å². The second-order valence-electron chi connectivity index (χ2n) is 3.99. The van der Waals surface area contributed by atoms with Crippen LogP contribution in [0.5, 0.6) is 0 Å². The van der Waals surface area contributed by atoms with E-state index in [1.807, 2.05) is 10.9 Å². The Kier molecular flexibility index (Phi) is 3.97. The molecule has 0 bridgehead atoms. The number of aryl methyl sites for hydroxylation is 1. The van der Waals surface area contributed by atoms with E-state index < -0.39 is 0 Å². The van der Waals surface area contributed by atoms with Gasteiger partial charge in [-0.3, -0.25) is 0 Å². The van der Waals surface area contributed by atoms with Crippen LogP contribution < -0.4 is 5.32 Å². The van der Waals surface area contributed by atoms with E-state index in [9.17, 15) is 0 Å². The molecular weight excluding hydrogens is 278 g/mol. The van der Waals surface area contributed by atoms with Gasteiger partial charge in [-0.2, -0.15) is 5.10 Å². The third-order valence-electron chi connectivity index (χ3n) is 2.71. The summed E-state index contributed by atoms with van der Waals surface area (Å²) in [5, 5.41) is 7.61. The Balaban J connectivity index is 2.24. The van der Waals surface area contributed by atoms with Crippen LogP contribution in [0.1, 0.15) is 18.1 Å². The highest BCUT2D eigenvalue weighted by Gasteiger charge is 2.02. The van der Waals surface area contributed by atoms with Gasteiger partial charge in [0.2, 0.25) is 0 Å². The number of benzene rings is 1. The molecule has 0 aliphatic heterocycles. The zero-order valence-electron chi connectivity index (χ0n) is 10.1. The molecule has 0 aliphatic rings. The Hall–Kier alpha value is -1.13. The van der Waals surface area contributed by atoms with Gasteiger partial charge in [0.15, 0.2) is 0 Å². The van der Waals surface area contributed by atoms with E-state index in [0.717, 1.165) is 23.2 Å². The van der Waals surface area contributed by atoms with Crippen LogP contribution in [0.15, 0.2) is 35.1 Å². The number of halogens is 1. The average Bonchev–Trinajstić information content (AvgIpc) is 2.74. The highest BCUT2D eigenvalue weighted by Crippen LogP contribution is 2.16. The fourth-order valence-electron chi connectivity index (χ4n) is 1.72. The molecule has 0 aliphatic carbocycles. The van der Waals surface area contributed by atoms with Crippen molar-refractivity contribution < 1.29 is 0 Å². The summed E-state index contributed by atoms with van der Waals surface area (Å²) in [5.41, 5.74) is 3.71. The molecule has 4 heteroatoms. The molecule has 1 heterocycles. The van der Waals surface area contributed by atoms with Gasteiger partial charge >= 0.3 is 0 Å². The molecule has 0 spiro atoms. The molecule has 0 radical (unpaired) electrons. The van der Waals surface area contributed by atoms with Crippen LogP contribution in [0.4, 0.5) is 0 Å². The number of nitrogens with one attached hydrogen (secondary N) is 1. The lowest BCUT2D eigenvalue weighted by molar-refractivity contribution is 0.723. The van der Waals surface area contributed by atoms with Crippen LogP contribution in [0.25, 0.3) is 5.69 Å². The highest BCUT2D eigenvalue weighted by molar-refractivity contribution is 9.10. The minimum Gasteiger partial charge on any atom is -0.313 e. The van der Waals surface area contributed by atoms with Gasteiger partial charge in [-0.25, -0.2) is 4.68 Å². The quantitative estimate of drug-likeness (QED) is 0.939. The molecule has 1 aromatic heterocycles. The SMILES string of the molecule is CCNCc1ccc(-n2cc(Br)cn2)cc1C. The van der Waals surface area contributed by atoms with E-state index in [0.29, 0.717) is 0 Å². The van der Waals surface area contributed by atoms with E-state index in [1.165, 1.54) is 11.1 Å². The van der Waals surface area contributed by atoms with E-state index in [2.05, 4.69) is 58.4 Å². The minimum absolute atomic E-state index is 0.922. The fraction of sp³-hybridized carbons (Fsp3) is 0.308. The van der Waals surface area contributed by atoms with Crippen LogP contribution in [-0.2, 0) is 6.54 Å². The minimum atomic E-state index is 0.922. The Bertz CT molecular complexity index is 505. The monoisotopic (exact) mass is 293 g/mol. The van der Waals surface area contributed by atoms with Gasteiger partial charge in [-0.05, 0) is 52.7 Å². The number of rotatable bonds is 4. The van der Waals surface area contributed by atoms with E-state index >= 15 is 0 Å². The molecule has 2 aromatic rings. The predicted molar refractivity (Wildman–Crippen MR) is 73.4 cm³/mol. The van der Waals surface area contributed by atoms with Crippen molar-refractivity contribution in [2.45, 2.75) is 20.4 Å². The Labute approximate surface area is 110 Å². The zero-order valence-corrected chi connectivity index (χ0v) is 11.7. The maximum Gasteiger partial charge on any atom is 0.0648 e. The van der Waals surface area contributed by atoms with Gasteiger partial charge in [0.1, 0.15) is 0 Å². The van der Waals surface area contributed by atoms with E-state index in [-0.39, 0.29) is 0 Å². The Morgan fingerprint density at radius 1 is 1.41 bits per heavy atom. The molecule has 2 rings (SSSR count). The number of hydrogen-bond donors (Lipinski definition) is 1. The standard InChI is InChI=1S/C13H16BrN3/c1-3-15-7-11-4-5-13(6-10(11)2)17-9-12(14)8-16-17/h4-6,8-9,15H,3,7H2,1-2H3. The topological polar surface area (TPSA) is 29.9 Å². The van der Waals surface area contributed by atoms with Crippen molar-refractivity contribution in [2.24, 2.45) is 0 Å². The fourth-order valence-corrected chi connectivity index (χ4v) is 2.01. The van der Waals surface area contributed by atoms with Gasteiger partial charge in [0.25, 0.3) is 0 Å². The van der Waals surface area contributed by atoms with Crippen molar-refractivity contribution in [3.05, 3.63) is 46.2 Å². The van der Waals surface area contributed by atoms with Gasteiger partial charge in [-0.15, -0.1) is 0 Å². The number of aromatic nitrogens is 2. The molecule has 0 saturated heterocycles. The normalized spacial score (nSPS) is 10.8. The van der Waals surface area contributed by atoms with Crippen LogP contribution in [0.2, 0.25) is 0 Å². The van der Waals surface area contributed by atoms with Crippen LogP contribution in [0, 0.1) is 6.92 Å². The van der Waals surface area contributed by atoms with Gasteiger partial charge < -0.3 is 5.32 Å². The van der Waals surface area contributed by atoms with Crippen molar-refractivity contribution in [3.8, 4) is 5.69 Å². The molecule has 0 saturated carbocycles. The molecule has 17 heavy (non-hydrogen) atoms. The van der Waals surface area contributed by atoms with Crippen LogP contribution in [0.3, 0.4) is 0 Å². The number of nitrogens with zero attached hydrogens (tertiary/aromatic N) is 2. The summed E-state index contributed by atoms with van der Waals surface area (Å²) < 4.78 is 2.86. The van der Waals surface area contributed by atoms with Crippen molar-refractivity contribution >= 4 is 15.9 Å².